The fourth-order valence-corrected chi connectivity index (χ4v) is 2.65. The third-order valence-electron chi connectivity index (χ3n) is 4.14. The highest BCUT2D eigenvalue weighted by Gasteiger charge is 2.13. The number of carbonyl (C=O) groups is 1. The van der Waals surface area contributed by atoms with Gasteiger partial charge in [-0.3, -0.25) is 4.79 Å². The van der Waals surface area contributed by atoms with Crippen molar-refractivity contribution in [2.24, 2.45) is 0 Å². The van der Waals surface area contributed by atoms with Crippen LogP contribution in [0.15, 0.2) is 48.0 Å². The zero-order valence-corrected chi connectivity index (χ0v) is 15.7. The van der Waals surface area contributed by atoms with Gasteiger partial charge in [0.05, 0.1) is 7.11 Å². The summed E-state index contributed by atoms with van der Waals surface area (Å²) in [7, 11) is 1.56. The maximum atomic E-state index is 12.4. The molecule has 0 spiro atoms. The van der Waals surface area contributed by atoms with E-state index in [1.54, 1.807) is 19.2 Å². The summed E-state index contributed by atoms with van der Waals surface area (Å²) in [5, 5.41) is 21.3. The van der Waals surface area contributed by atoms with Crippen LogP contribution < -0.4 is 15.0 Å². The van der Waals surface area contributed by atoms with Crippen molar-refractivity contribution in [3.63, 3.8) is 0 Å². The normalized spacial score (nSPS) is 10.8. The number of aromatic hydroxyl groups is 1. The molecule has 0 saturated heterocycles. The van der Waals surface area contributed by atoms with Crippen LogP contribution >= 0.6 is 0 Å². The second-order valence-corrected chi connectivity index (χ2v) is 5.77. The Kier molecular flexibility index (Phi) is 6.84. The molecule has 0 heterocycles. The van der Waals surface area contributed by atoms with Crippen LogP contribution in [-0.2, 0) is 4.79 Å². The van der Waals surface area contributed by atoms with Gasteiger partial charge in [0.15, 0.2) is 0 Å². The molecule has 6 heteroatoms. The van der Waals surface area contributed by atoms with Crippen LogP contribution in [0, 0.1) is 11.3 Å². The minimum absolute atomic E-state index is 0.0445. The van der Waals surface area contributed by atoms with Crippen LogP contribution in [0.4, 0.5) is 11.4 Å². The number of carbonyl (C=O) groups excluding carboxylic acids is 1. The zero-order chi connectivity index (χ0) is 19.8. The number of nitrogens with zero attached hydrogens (tertiary/aromatic N) is 2. The average Bonchev–Trinajstić information content (AvgIpc) is 2.69. The monoisotopic (exact) mass is 365 g/mol. The highest BCUT2D eigenvalue weighted by atomic mass is 16.5. The number of rotatable bonds is 7. The third-order valence-corrected chi connectivity index (χ3v) is 4.14. The molecular weight excluding hydrogens is 342 g/mol. The van der Waals surface area contributed by atoms with Gasteiger partial charge >= 0.3 is 0 Å². The van der Waals surface area contributed by atoms with Gasteiger partial charge in [0.25, 0.3) is 5.91 Å². The highest BCUT2D eigenvalue weighted by molar-refractivity contribution is 6.09. The second-order valence-electron chi connectivity index (χ2n) is 5.77. The Balaban J connectivity index is 2.29. The molecule has 0 radical (unpaired) electrons. The number of phenolic OH excluding ortho intramolecular Hbond substituents is 1. The Labute approximate surface area is 159 Å². The Morgan fingerprint density at radius 1 is 1.22 bits per heavy atom. The number of ether oxygens (including phenoxy) is 1. The Bertz CT molecular complexity index is 863. The zero-order valence-electron chi connectivity index (χ0n) is 15.7. The van der Waals surface area contributed by atoms with Crippen molar-refractivity contribution in [3.8, 4) is 17.6 Å². The summed E-state index contributed by atoms with van der Waals surface area (Å²) < 4.78 is 5.44. The van der Waals surface area contributed by atoms with Gasteiger partial charge in [-0.2, -0.15) is 5.26 Å². The Morgan fingerprint density at radius 3 is 2.44 bits per heavy atom. The first-order valence-electron chi connectivity index (χ1n) is 8.67. The second kappa shape index (κ2) is 9.30. The lowest BCUT2D eigenvalue weighted by molar-refractivity contribution is -0.112. The smallest absolute Gasteiger partial charge is 0.266 e. The molecule has 6 nitrogen and oxygen atoms in total. The molecule has 0 bridgehead atoms. The molecule has 2 N–H and O–H groups in total. The number of phenols is 1. The summed E-state index contributed by atoms with van der Waals surface area (Å²) in [4.78, 5) is 14.6. The van der Waals surface area contributed by atoms with Crippen molar-refractivity contribution in [1.82, 2.24) is 0 Å². The van der Waals surface area contributed by atoms with E-state index in [-0.39, 0.29) is 11.3 Å². The van der Waals surface area contributed by atoms with E-state index >= 15 is 0 Å². The SMILES string of the molecule is CCN(CC)c1ccc(/C=C(\C#N)C(=O)Nc2ccc(O)cc2)c(OC)c1. The molecule has 0 fully saturated rings. The van der Waals surface area contributed by atoms with E-state index in [9.17, 15) is 15.2 Å². The summed E-state index contributed by atoms with van der Waals surface area (Å²) in [6, 6.07) is 13.6. The standard InChI is InChI=1S/C21H23N3O3/c1-4-24(5-2)18-9-6-15(20(13-18)27-3)12-16(14-22)21(26)23-17-7-10-19(25)11-8-17/h6-13,25H,4-5H2,1-3H3,(H,23,26)/b16-12+. The number of nitrogens with one attached hydrogen (secondary N) is 1. The molecule has 0 saturated carbocycles. The van der Waals surface area contributed by atoms with E-state index in [2.05, 4.69) is 24.1 Å². The Hall–Kier alpha value is -3.46. The van der Waals surface area contributed by atoms with Crippen LogP contribution in [0.2, 0.25) is 0 Å². The molecule has 2 aromatic carbocycles. The maximum absolute atomic E-state index is 12.4. The first kappa shape index (κ1) is 19.9. The first-order valence-corrected chi connectivity index (χ1v) is 8.67. The van der Waals surface area contributed by atoms with E-state index in [1.807, 2.05) is 24.3 Å². The van der Waals surface area contributed by atoms with Gasteiger partial charge < -0.3 is 20.1 Å². The van der Waals surface area contributed by atoms with Crippen LogP contribution in [0.25, 0.3) is 6.08 Å². The third kappa shape index (κ3) is 5.02. The summed E-state index contributed by atoms with van der Waals surface area (Å²) in [5.74, 6) is 0.157. The van der Waals surface area contributed by atoms with Crippen molar-refractivity contribution in [1.29, 1.82) is 5.26 Å². The van der Waals surface area contributed by atoms with E-state index in [0.717, 1.165) is 18.8 Å². The van der Waals surface area contributed by atoms with Crippen molar-refractivity contribution in [2.75, 3.05) is 30.4 Å². The molecule has 140 valence electrons. The molecule has 2 aromatic rings. The molecule has 27 heavy (non-hydrogen) atoms. The Morgan fingerprint density at radius 2 is 1.89 bits per heavy atom. The van der Waals surface area contributed by atoms with Gasteiger partial charge in [0.2, 0.25) is 0 Å². The molecule has 0 aliphatic carbocycles. The first-order chi connectivity index (χ1) is 13.0. The molecule has 2 rings (SSSR count). The lowest BCUT2D eigenvalue weighted by atomic mass is 10.1. The van der Waals surface area contributed by atoms with E-state index < -0.39 is 5.91 Å². The molecule has 0 unspecified atom stereocenters. The maximum Gasteiger partial charge on any atom is 0.266 e. The van der Waals surface area contributed by atoms with Gasteiger partial charge in [0.1, 0.15) is 23.1 Å². The van der Waals surface area contributed by atoms with E-state index in [0.29, 0.717) is 17.0 Å². The minimum Gasteiger partial charge on any atom is -0.508 e. The highest BCUT2D eigenvalue weighted by Crippen LogP contribution is 2.27. The van der Waals surface area contributed by atoms with Crippen molar-refractivity contribution >= 4 is 23.4 Å². The summed E-state index contributed by atoms with van der Waals surface area (Å²) in [5.41, 5.74) is 2.10. The molecular formula is C21H23N3O3. The summed E-state index contributed by atoms with van der Waals surface area (Å²) >= 11 is 0. The number of benzene rings is 2. The predicted octanol–water partition coefficient (Wildman–Crippen LogP) is 3.79. The van der Waals surface area contributed by atoms with Gasteiger partial charge in [-0.15, -0.1) is 0 Å². The minimum atomic E-state index is -0.530. The average molecular weight is 365 g/mol. The van der Waals surface area contributed by atoms with Crippen LogP contribution in [0.1, 0.15) is 19.4 Å². The molecule has 0 aromatic heterocycles. The lowest BCUT2D eigenvalue weighted by Crippen LogP contribution is -2.21. The number of anilines is 2. The molecule has 0 aliphatic heterocycles. The molecule has 0 aliphatic rings. The number of amides is 1. The lowest BCUT2D eigenvalue weighted by Gasteiger charge is -2.22. The van der Waals surface area contributed by atoms with Gasteiger partial charge in [0, 0.05) is 36.1 Å². The van der Waals surface area contributed by atoms with Gasteiger partial charge in [-0.25, -0.2) is 0 Å². The number of methoxy groups -OCH3 is 1. The van der Waals surface area contributed by atoms with E-state index in [1.165, 1.54) is 18.2 Å². The fraction of sp³-hybridized carbons (Fsp3) is 0.238. The fourth-order valence-electron chi connectivity index (χ4n) is 2.65. The van der Waals surface area contributed by atoms with Crippen LogP contribution in [0.3, 0.4) is 0 Å². The largest absolute Gasteiger partial charge is 0.508 e. The van der Waals surface area contributed by atoms with Crippen molar-refractivity contribution in [3.05, 3.63) is 53.6 Å². The van der Waals surface area contributed by atoms with Crippen LogP contribution in [-0.4, -0.2) is 31.2 Å². The van der Waals surface area contributed by atoms with Crippen molar-refractivity contribution < 1.29 is 14.6 Å². The van der Waals surface area contributed by atoms with E-state index in [4.69, 9.17) is 4.74 Å². The van der Waals surface area contributed by atoms with Gasteiger partial charge in [-0.1, -0.05) is 0 Å². The predicted molar refractivity (Wildman–Crippen MR) is 107 cm³/mol. The summed E-state index contributed by atoms with van der Waals surface area (Å²) in [6.45, 7) is 5.89. The topological polar surface area (TPSA) is 85.6 Å². The molecule has 0 atom stereocenters. The number of hydrogen-bond donors (Lipinski definition) is 2. The quantitative estimate of drug-likeness (QED) is 0.443. The molecule has 1 amide bonds. The number of hydrogen-bond acceptors (Lipinski definition) is 5. The van der Waals surface area contributed by atoms with Crippen LogP contribution in [0.5, 0.6) is 11.5 Å². The summed E-state index contributed by atoms with van der Waals surface area (Å²) in [6.07, 6.45) is 1.50. The van der Waals surface area contributed by atoms with Gasteiger partial charge in [-0.05, 0) is 56.3 Å². The number of nitriles is 1. The van der Waals surface area contributed by atoms with Crippen molar-refractivity contribution in [2.45, 2.75) is 13.8 Å².